The Morgan fingerprint density at radius 1 is 1.86 bits per heavy atom. The van der Waals surface area contributed by atoms with Gasteiger partial charge in [0.15, 0.2) is 0 Å². The van der Waals surface area contributed by atoms with Crippen molar-refractivity contribution in [2.45, 2.75) is 13.3 Å². The highest BCUT2D eigenvalue weighted by Gasteiger charge is 1.81. The van der Waals surface area contributed by atoms with Gasteiger partial charge >= 0.3 is 0 Å². The van der Waals surface area contributed by atoms with Crippen molar-refractivity contribution >= 4 is 0 Å². The Balaban J connectivity index is 0.000000490. The maximum absolute atomic E-state index is 2.98. The highest BCUT2D eigenvalue weighted by Crippen LogP contribution is 1.94. The molecule has 0 atom stereocenters. The lowest BCUT2D eigenvalue weighted by atomic mass is 10.3. The molecule has 0 spiro atoms. The van der Waals surface area contributed by atoms with Gasteiger partial charge in [0, 0.05) is 13.8 Å². The second-order valence-corrected chi connectivity index (χ2v) is 1.57. The van der Waals surface area contributed by atoms with Crippen molar-refractivity contribution in [1.82, 2.24) is 4.98 Å². The van der Waals surface area contributed by atoms with Crippen LogP contribution in [0.4, 0.5) is 0 Å². The van der Waals surface area contributed by atoms with E-state index in [9.17, 15) is 0 Å². The van der Waals surface area contributed by atoms with Crippen molar-refractivity contribution in [3.63, 3.8) is 0 Å². The van der Waals surface area contributed by atoms with Crippen molar-refractivity contribution in [2.75, 3.05) is 0 Å². The van der Waals surface area contributed by atoms with Crippen LogP contribution in [0.2, 0.25) is 0 Å². The quantitative estimate of drug-likeness (QED) is 0.550. The minimum absolute atomic E-state index is 0. The Morgan fingerprint density at radius 3 is 3.00 bits per heavy atom. The van der Waals surface area contributed by atoms with Gasteiger partial charge in [-0.3, -0.25) is 0 Å². The van der Waals surface area contributed by atoms with Crippen molar-refractivity contribution in [3.05, 3.63) is 24.0 Å². The fourth-order valence-electron chi connectivity index (χ4n) is 0.578. The molecule has 0 radical (unpaired) electrons. The third-order valence-electron chi connectivity index (χ3n) is 1.07. The van der Waals surface area contributed by atoms with Gasteiger partial charge in [0.05, 0.1) is 0 Å². The van der Waals surface area contributed by atoms with E-state index in [4.69, 9.17) is 0 Å². The highest BCUT2D eigenvalue weighted by atomic mass is 14.6. The van der Waals surface area contributed by atoms with Crippen LogP contribution < -0.4 is 0 Å². The predicted octanol–water partition coefficient (Wildman–Crippen LogP) is 1.82. The average Bonchev–Trinajstić information content (AvgIpc) is 2.14. The van der Waals surface area contributed by atoms with E-state index < -0.39 is 0 Å². The van der Waals surface area contributed by atoms with Crippen LogP contribution in [-0.4, -0.2) is 4.98 Å². The molecule has 0 saturated carbocycles. The molecule has 0 aliphatic heterocycles. The summed E-state index contributed by atoms with van der Waals surface area (Å²) in [7, 11) is 0. The van der Waals surface area contributed by atoms with Crippen molar-refractivity contribution < 1.29 is 1.43 Å². The molecule has 0 amide bonds. The Morgan fingerprint density at radius 2 is 2.71 bits per heavy atom. The molecule has 0 saturated heterocycles. The number of aromatic nitrogens is 1. The molecule has 1 aromatic rings. The first-order chi connectivity index (χ1) is 3.43. The van der Waals surface area contributed by atoms with E-state index in [1.807, 2.05) is 12.4 Å². The highest BCUT2D eigenvalue weighted by molar-refractivity contribution is 5.06. The number of nitrogens with one attached hydrogen (secondary N) is 1. The molecule has 1 heteroatoms. The average molecular weight is 97.2 g/mol. The van der Waals surface area contributed by atoms with E-state index in [0.717, 1.165) is 6.42 Å². The van der Waals surface area contributed by atoms with Gasteiger partial charge < -0.3 is 4.98 Å². The normalized spacial score (nSPS) is 9.29. The van der Waals surface area contributed by atoms with E-state index in [0.29, 0.717) is 0 Å². The summed E-state index contributed by atoms with van der Waals surface area (Å²) in [5, 5.41) is 0. The summed E-state index contributed by atoms with van der Waals surface area (Å²) in [5.74, 6) is 0. The Labute approximate surface area is 44.9 Å². The third kappa shape index (κ3) is 0.829. The van der Waals surface area contributed by atoms with Crippen LogP contribution in [0, 0.1) is 0 Å². The lowest BCUT2D eigenvalue weighted by molar-refractivity contribution is 1.14. The summed E-state index contributed by atoms with van der Waals surface area (Å²) >= 11 is 0. The van der Waals surface area contributed by atoms with Gasteiger partial charge in [0.1, 0.15) is 0 Å². The van der Waals surface area contributed by atoms with Crippen LogP contribution in [-0.2, 0) is 6.42 Å². The number of H-pyrrole nitrogens is 1. The second-order valence-electron chi connectivity index (χ2n) is 1.57. The van der Waals surface area contributed by atoms with Crippen LogP contribution in [0.15, 0.2) is 18.5 Å². The number of aromatic amines is 1. The predicted molar refractivity (Wildman–Crippen MR) is 32.3 cm³/mol. The largest absolute Gasteiger partial charge is 0.367 e. The molecule has 1 aromatic heterocycles. The Hall–Kier alpha value is -0.720. The zero-order valence-corrected chi connectivity index (χ0v) is 4.44. The monoisotopic (exact) mass is 97.1 g/mol. The van der Waals surface area contributed by atoms with Gasteiger partial charge in [-0.25, -0.2) is 0 Å². The first kappa shape index (κ1) is 4.44. The van der Waals surface area contributed by atoms with Crippen molar-refractivity contribution in [1.29, 1.82) is 0 Å². The molecule has 1 nitrogen and oxygen atoms in total. The SMILES string of the molecule is CCc1cc[nH]c1.[HH]. The molecule has 1 heterocycles. The zero-order chi connectivity index (χ0) is 5.11. The lowest BCUT2D eigenvalue weighted by Gasteiger charge is -1.78. The van der Waals surface area contributed by atoms with E-state index >= 15 is 0 Å². The summed E-state index contributed by atoms with van der Waals surface area (Å²) in [5.41, 5.74) is 1.38. The number of rotatable bonds is 1. The van der Waals surface area contributed by atoms with E-state index in [1.54, 1.807) is 0 Å². The molecule has 0 bridgehead atoms. The van der Waals surface area contributed by atoms with Crippen LogP contribution in [0.1, 0.15) is 13.9 Å². The molecule has 7 heavy (non-hydrogen) atoms. The molecule has 0 aromatic carbocycles. The fourth-order valence-corrected chi connectivity index (χ4v) is 0.578. The van der Waals surface area contributed by atoms with Crippen LogP contribution in [0.25, 0.3) is 0 Å². The van der Waals surface area contributed by atoms with E-state index in [-0.39, 0.29) is 1.43 Å². The zero-order valence-electron chi connectivity index (χ0n) is 4.44. The summed E-state index contributed by atoms with van der Waals surface area (Å²) < 4.78 is 0. The van der Waals surface area contributed by atoms with Crippen LogP contribution in [0.3, 0.4) is 0 Å². The molecular formula is C6H11N. The van der Waals surface area contributed by atoms with Gasteiger partial charge in [0.25, 0.3) is 0 Å². The lowest BCUT2D eigenvalue weighted by Crippen LogP contribution is -1.67. The van der Waals surface area contributed by atoms with Gasteiger partial charge in [-0.1, -0.05) is 6.92 Å². The summed E-state index contributed by atoms with van der Waals surface area (Å²) in [6.07, 6.45) is 5.09. The fraction of sp³-hybridized carbons (Fsp3) is 0.333. The van der Waals surface area contributed by atoms with Gasteiger partial charge in [-0.15, -0.1) is 0 Å². The standard InChI is InChI=1S/C6H9N.H2/c1-2-6-3-4-7-5-6;/h3-5,7H,2H2,1H3;1H. The van der Waals surface area contributed by atoms with Crippen LogP contribution >= 0.6 is 0 Å². The molecule has 0 fully saturated rings. The molecule has 1 N–H and O–H groups in total. The number of aryl methyl sites for hydroxylation is 1. The molecule has 1 rings (SSSR count). The first-order valence-electron chi connectivity index (χ1n) is 2.55. The van der Waals surface area contributed by atoms with Gasteiger partial charge in [0.2, 0.25) is 0 Å². The molecule has 0 aliphatic carbocycles. The van der Waals surface area contributed by atoms with E-state index in [2.05, 4.69) is 18.0 Å². The Bertz CT molecular complexity index is 123. The summed E-state index contributed by atoms with van der Waals surface area (Å²) in [6, 6.07) is 2.08. The second kappa shape index (κ2) is 1.82. The Kier molecular flexibility index (Phi) is 1.16. The molecule has 40 valence electrons. The topological polar surface area (TPSA) is 15.8 Å². The van der Waals surface area contributed by atoms with Gasteiger partial charge in [-0.05, 0) is 18.1 Å². The summed E-state index contributed by atoms with van der Waals surface area (Å²) in [4.78, 5) is 2.98. The molecule has 0 unspecified atom stereocenters. The van der Waals surface area contributed by atoms with Crippen molar-refractivity contribution in [3.8, 4) is 0 Å². The third-order valence-corrected chi connectivity index (χ3v) is 1.07. The maximum atomic E-state index is 2.98. The summed E-state index contributed by atoms with van der Waals surface area (Å²) in [6.45, 7) is 2.14. The minimum Gasteiger partial charge on any atom is -0.367 e. The van der Waals surface area contributed by atoms with Crippen molar-refractivity contribution in [2.24, 2.45) is 0 Å². The number of hydrogen-bond donors (Lipinski definition) is 1. The molecular weight excluding hydrogens is 86.1 g/mol. The minimum atomic E-state index is 0. The molecule has 0 aliphatic rings. The van der Waals surface area contributed by atoms with Gasteiger partial charge in [-0.2, -0.15) is 0 Å². The maximum Gasteiger partial charge on any atom is 0.00372 e. The smallest absolute Gasteiger partial charge is 0.00372 e. The van der Waals surface area contributed by atoms with E-state index in [1.165, 1.54) is 5.56 Å². The number of hydrogen-bond acceptors (Lipinski definition) is 0. The van der Waals surface area contributed by atoms with Crippen LogP contribution in [0.5, 0.6) is 0 Å². The first-order valence-corrected chi connectivity index (χ1v) is 2.55.